The molecule has 0 saturated carbocycles. The topological polar surface area (TPSA) is 76.2 Å². The third kappa shape index (κ3) is 4.06. The zero-order valence-electron chi connectivity index (χ0n) is 14.5. The van der Waals surface area contributed by atoms with E-state index in [-0.39, 0.29) is 12.1 Å². The molecule has 7 nitrogen and oxygen atoms in total. The van der Waals surface area contributed by atoms with Crippen molar-refractivity contribution in [3.8, 4) is 5.69 Å². The lowest BCUT2D eigenvalue weighted by Gasteiger charge is -2.21. The first-order valence-corrected chi connectivity index (χ1v) is 8.06. The van der Waals surface area contributed by atoms with Crippen LogP contribution in [0.3, 0.4) is 0 Å². The smallest absolute Gasteiger partial charge is 0.318 e. The van der Waals surface area contributed by atoms with Crippen LogP contribution in [-0.2, 0) is 6.54 Å². The number of furan rings is 1. The van der Waals surface area contributed by atoms with Crippen LogP contribution in [-0.4, -0.2) is 33.0 Å². The Hall–Kier alpha value is -3.09. The number of carbonyl (C=O) groups is 1. The zero-order valence-corrected chi connectivity index (χ0v) is 14.5. The fraction of sp³-hybridized carbons (Fsp3) is 0.278. The van der Waals surface area contributed by atoms with Crippen LogP contribution in [0, 0.1) is 6.92 Å². The molecule has 0 bridgehead atoms. The van der Waals surface area contributed by atoms with Crippen LogP contribution in [0.25, 0.3) is 5.69 Å². The van der Waals surface area contributed by atoms with Crippen LogP contribution in [0.5, 0.6) is 0 Å². The molecule has 130 valence electrons. The molecule has 0 saturated heterocycles. The molecule has 7 heteroatoms. The third-order valence-corrected chi connectivity index (χ3v) is 3.96. The molecule has 1 aromatic carbocycles. The maximum atomic E-state index is 12.3. The van der Waals surface area contributed by atoms with Gasteiger partial charge in [-0.3, -0.25) is 0 Å². The minimum Gasteiger partial charge on any atom is -0.464 e. The van der Waals surface area contributed by atoms with Crippen LogP contribution < -0.4 is 5.32 Å². The molecular formula is C18H21N5O2. The van der Waals surface area contributed by atoms with Gasteiger partial charge in [0.15, 0.2) is 0 Å². The molecule has 2 amide bonds. The molecule has 0 fully saturated rings. The minimum absolute atomic E-state index is 0.113. The van der Waals surface area contributed by atoms with Gasteiger partial charge in [0.25, 0.3) is 0 Å². The number of nitrogens with one attached hydrogen (secondary N) is 1. The highest BCUT2D eigenvalue weighted by Gasteiger charge is 2.15. The van der Waals surface area contributed by atoms with Crippen molar-refractivity contribution in [1.82, 2.24) is 25.2 Å². The largest absolute Gasteiger partial charge is 0.464 e. The molecule has 3 rings (SSSR count). The SMILES string of the molecule is Cc1ccc(CN(C)C(=O)N[C@H](C)c2ccc(-n3ccnn3)cc2)o1. The van der Waals surface area contributed by atoms with Gasteiger partial charge in [0.1, 0.15) is 11.5 Å². The lowest BCUT2D eigenvalue weighted by atomic mass is 10.1. The van der Waals surface area contributed by atoms with Crippen molar-refractivity contribution in [1.29, 1.82) is 0 Å². The molecular weight excluding hydrogens is 318 g/mol. The highest BCUT2D eigenvalue weighted by Crippen LogP contribution is 2.16. The molecule has 2 aromatic heterocycles. The maximum absolute atomic E-state index is 12.3. The maximum Gasteiger partial charge on any atom is 0.318 e. The van der Waals surface area contributed by atoms with Gasteiger partial charge in [-0.25, -0.2) is 9.48 Å². The summed E-state index contributed by atoms with van der Waals surface area (Å²) in [7, 11) is 1.74. The van der Waals surface area contributed by atoms with Gasteiger partial charge in [-0.2, -0.15) is 0 Å². The number of urea groups is 1. The summed E-state index contributed by atoms with van der Waals surface area (Å²) in [5, 5.41) is 10.7. The molecule has 0 aliphatic carbocycles. The second-order valence-corrected chi connectivity index (χ2v) is 5.98. The predicted octanol–water partition coefficient (Wildman–Crippen LogP) is 3.07. The van der Waals surface area contributed by atoms with E-state index in [1.807, 2.05) is 50.2 Å². The summed E-state index contributed by atoms with van der Waals surface area (Å²) in [6, 6.07) is 11.3. The van der Waals surface area contributed by atoms with Crippen LogP contribution in [0.15, 0.2) is 53.2 Å². The molecule has 0 unspecified atom stereocenters. The van der Waals surface area contributed by atoms with Crippen molar-refractivity contribution in [2.45, 2.75) is 26.4 Å². The number of aromatic nitrogens is 3. The summed E-state index contributed by atoms with van der Waals surface area (Å²) in [5.74, 6) is 1.60. The Kier molecular flexibility index (Phi) is 4.83. The van der Waals surface area contributed by atoms with Gasteiger partial charge in [0.2, 0.25) is 0 Å². The van der Waals surface area contributed by atoms with Gasteiger partial charge in [-0.15, -0.1) is 5.10 Å². The van der Waals surface area contributed by atoms with E-state index in [9.17, 15) is 4.79 Å². The van der Waals surface area contributed by atoms with Crippen molar-refractivity contribution in [3.63, 3.8) is 0 Å². The second-order valence-electron chi connectivity index (χ2n) is 5.98. The summed E-state index contributed by atoms with van der Waals surface area (Å²) in [4.78, 5) is 13.9. The summed E-state index contributed by atoms with van der Waals surface area (Å²) >= 11 is 0. The molecule has 2 heterocycles. The second kappa shape index (κ2) is 7.21. The Morgan fingerprint density at radius 1 is 1.28 bits per heavy atom. The summed E-state index contributed by atoms with van der Waals surface area (Å²) in [5.41, 5.74) is 1.93. The average Bonchev–Trinajstić information content (AvgIpc) is 3.27. The van der Waals surface area contributed by atoms with Gasteiger partial charge in [0, 0.05) is 7.05 Å². The monoisotopic (exact) mass is 339 g/mol. The van der Waals surface area contributed by atoms with Crippen molar-refractivity contribution < 1.29 is 9.21 Å². The van der Waals surface area contributed by atoms with E-state index < -0.39 is 0 Å². The Labute approximate surface area is 146 Å². The number of amides is 2. The standard InChI is InChI=1S/C18H21N5O2/c1-13-4-9-17(25-13)12-22(3)18(24)20-14(2)15-5-7-16(8-6-15)23-11-10-19-21-23/h4-11,14H,12H2,1-3H3,(H,20,24)/t14-/m1/s1. The lowest BCUT2D eigenvalue weighted by molar-refractivity contribution is 0.199. The average molecular weight is 339 g/mol. The van der Waals surface area contributed by atoms with Gasteiger partial charge in [0.05, 0.1) is 30.7 Å². The summed E-state index contributed by atoms with van der Waals surface area (Å²) < 4.78 is 7.19. The van der Waals surface area contributed by atoms with Crippen LogP contribution in [0.2, 0.25) is 0 Å². The first-order valence-electron chi connectivity index (χ1n) is 8.06. The van der Waals surface area contributed by atoms with E-state index in [4.69, 9.17) is 4.42 Å². The van der Waals surface area contributed by atoms with Gasteiger partial charge in [-0.05, 0) is 43.7 Å². The quantitative estimate of drug-likeness (QED) is 0.775. The highest BCUT2D eigenvalue weighted by molar-refractivity contribution is 5.74. The van der Waals surface area contributed by atoms with Crippen LogP contribution >= 0.6 is 0 Å². The molecule has 1 atom stereocenters. The van der Waals surface area contributed by atoms with E-state index in [1.54, 1.807) is 29.0 Å². The molecule has 0 aliphatic heterocycles. The van der Waals surface area contributed by atoms with Crippen molar-refractivity contribution in [3.05, 3.63) is 65.9 Å². The first-order chi connectivity index (χ1) is 12.0. The first kappa shape index (κ1) is 16.8. The zero-order chi connectivity index (χ0) is 17.8. The fourth-order valence-electron chi connectivity index (χ4n) is 2.52. The highest BCUT2D eigenvalue weighted by atomic mass is 16.3. The van der Waals surface area contributed by atoms with Crippen molar-refractivity contribution in [2.75, 3.05) is 7.05 Å². The number of hydrogen-bond acceptors (Lipinski definition) is 4. The molecule has 25 heavy (non-hydrogen) atoms. The lowest BCUT2D eigenvalue weighted by Crippen LogP contribution is -2.38. The third-order valence-electron chi connectivity index (χ3n) is 3.96. The fourth-order valence-corrected chi connectivity index (χ4v) is 2.52. The number of nitrogens with zero attached hydrogens (tertiary/aromatic N) is 4. The minimum atomic E-state index is -0.151. The number of aryl methyl sites for hydroxylation is 1. The number of rotatable bonds is 5. The molecule has 0 spiro atoms. The predicted molar refractivity (Wildman–Crippen MR) is 93.2 cm³/mol. The Morgan fingerprint density at radius 2 is 2.04 bits per heavy atom. The molecule has 0 aliphatic rings. The van der Waals surface area contributed by atoms with Gasteiger partial charge >= 0.3 is 6.03 Å². The van der Waals surface area contributed by atoms with Crippen molar-refractivity contribution >= 4 is 6.03 Å². The van der Waals surface area contributed by atoms with E-state index in [0.29, 0.717) is 6.54 Å². The Balaban J connectivity index is 1.59. The van der Waals surface area contributed by atoms with Crippen LogP contribution in [0.4, 0.5) is 4.79 Å². The van der Waals surface area contributed by atoms with Crippen LogP contribution in [0.1, 0.15) is 30.0 Å². The normalized spacial score (nSPS) is 12.0. The summed E-state index contributed by atoms with van der Waals surface area (Å²) in [6.07, 6.45) is 3.42. The van der Waals surface area contributed by atoms with Gasteiger partial charge in [-0.1, -0.05) is 17.3 Å². The molecule has 1 N–H and O–H groups in total. The Morgan fingerprint density at radius 3 is 2.64 bits per heavy atom. The summed E-state index contributed by atoms with van der Waals surface area (Å²) in [6.45, 7) is 4.26. The molecule has 3 aromatic rings. The number of carbonyl (C=O) groups excluding carboxylic acids is 1. The van der Waals surface area contributed by atoms with E-state index in [0.717, 1.165) is 22.8 Å². The van der Waals surface area contributed by atoms with E-state index in [2.05, 4.69) is 15.6 Å². The van der Waals surface area contributed by atoms with Gasteiger partial charge < -0.3 is 14.6 Å². The Bertz CT molecular complexity index is 824. The molecule has 0 radical (unpaired) electrons. The van der Waals surface area contributed by atoms with E-state index >= 15 is 0 Å². The number of benzene rings is 1. The van der Waals surface area contributed by atoms with Crippen molar-refractivity contribution in [2.24, 2.45) is 0 Å². The number of hydrogen-bond donors (Lipinski definition) is 1. The van der Waals surface area contributed by atoms with E-state index in [1.165, 1.54) is 0 Å².